The van der Waals surface area contributed by atoms with Gasteiger partial charge in [-0.2, -0.15) is 22.8 Å². The number of aromatic nitrogens is 4. The molecule has 0 spiro atoms. The quantitative estimate of drug-likeness (QED) is 0.493. The number of amides is 1. The van der Waals surface area contributed by atoms with Crippen molar-refractivity contribution in [2.75, 3.05) is 5.32 Å². The van der Waals surface area contributed by atoms with E-state index >= 15 is 0 Å². The number of rotatable bonds is 3. The number of nitrogens with zero attached hydrogens (tertiary/aromatic N) is 4. The Morgan fingerprint density at radius 2 is 1.90 bits per heavy atom. The third-order valence-corrected chi connectivity index (χ3v) is 5.41. The molecular weight excluding hydrogens is 415 g/mol. The summed E-state index contributed by atoms with van der Waals surface area (Å²) in [4.78, 5) is 21.9. The van der Waals surface area contributed by atoms with Crippen molar-refractivity contribution >= 4 is 28.7 Å². The van der Waals surface area contributed by atoms with E-state index < -0.39 is 17.6 Å². The number of nitrogens with one attached hydrogen (secondary N) is 1. The van der Waals surface area contributed by atoms with E-state index in [1.165, 1.54) is 40.2 Å². The van der Waals surface area contributed by atoms with Gasteiger partial charge in [-0.05, 0) is 38.5 Å². The summed E-state index contributed by atoms with van der Waals surface area (Å²) in [5.41, 5.74) is 0.648. The molecule has 1 aromatic carbocycles. The summed E-state index contributed by atoms with van der Waals surface area (Å²) in [6, 6.07) is 6.79. The highest BCUT2D eigenvalue weighted by Crippen LogP contribution is 2.36. The van der Waals surface area contributed by atoms with E-state index in [-0.39, 0.29) is 17.1 Å². The average Bonchev–Trinajstić information content (AvgIpc) is 3.24. The highest BCUT2D eigenvalue weighted by Gasteiger charge is 2.34. The maximum atomic E-state index is 13.5. The predicted molar refractivity (Wildman–Crippen MR) is 108 cm³/mol. The van der Waals surface area contributed by atoms with Gasteiger partial charge in [-0.3, -0.25) is 4.79 Å². The molecule has 0 aliphatic heterocycles. The Balaban J connectivity index is 1.80. The van der Waals surface area contributed by atoms with Crippen LogP contribution in [0.2, 0.25) is 0 Å². The van der Waals surface area contributed by atoms with Gasteiger partial charge in [0.25, 0.3) is 5.91 Å². The van der Waals surface area contributed by atoms with Crippen molar-refractivity contribution in [3.8, 4) is 11.3 Å². The van der Waals surface area contributed by atoms with Gasteiger partial charge in [0.05, 0.1) is 22.5 Å². The summed E-state index contributed by atoms with van der Waals surface area (Å²) in [5, 5.41) is 7.80. The number of fused-ring (bicyclic) bond motifs is 1. The standard InChI is InChI=1S/C20H16F3N5OS/c1-10-8-15(13-6-4-5-7-14(13)20(21,22)23)27-28-16(9-24-18(10)28)26-19(29)17-11(2)30-12(3)25-17/h4-9H,1-3H3,(H,26,29). The van der Waals surface area contributed by atoms with Crippen molar-refractivity contribution < 1.29 is 18.0 Å². The molecule has 0 unspecified atom stereocenters. The van der Waals surface area contributed by atoms with Crippen LogP contribution in [0.4, 0.5) is 19.0 Å². The van der Waals surface area contributed by atoms with Gasteiger partial charge < -0.3 is 5.32 Å². The van der Waals surface area contributed by atoms with Crippen LogP contribution in [0.15, 0.2) is 36.5 Å². The third-order valence-electron chi connectivity index (χ3n) is 4.52. The first-order valence-electron chi connectivity index (χ1n) is 8.92. The molecule has 0 saturated carbocycles. The molecule has 0 saturated heterocycles. The number of carbonyl (C=O) groups excluding carboxylic acids is 1. The summed E-state index contributed by atoms with van der Waals surface area (Å²) in [7, 11) is 0. The number of hydrogen-bond acceptors (Lipinski definition) is 5. The summed E-state index contributed by atoms with van der Waals surface area (Å²) in [5.74, 6) is -0.186. The molecule has 30 heavy (non-hydrogen) atoms. The number of anilines is 1. The highest BCUT2D eigenvalue weighted by atomic mass is 32.1. The zero-order valence-electron chi connectivity index (χ0n) is 16.2. The van der Waals surface area contributed by atoms with Crippen LogP contribution in [0, 0.1) is 20.8 Å². The monoisotopic (exact) mass is 431 g/mol. The molecule has 3 aromatic heterocycles. The fourth-order valence-electron chi connectivity index (χ4n) is 3.21. The van der Waals surface area contributed by atoms with E-state index in [9.17, 15) is 18.0 Å². The second-order valence-electron chi connectivity index (χ2n) is 6.73. The van der Waals surface area contributed by atoms with Crippen LogP contribution in [0.25, 0.3) is 16.9 Å². The average molecular weight is 431 g/mol. The van der Waals surface area contributed by atoms with E-state index in [1.54, 1.807) is 26.8 Å². The number of hydrogen-bond donors (Lipinski definition) is 1. The Labute approximate surface area is 173 Å². The first kappa shape index (κ1) is 20.0. The fraction of sp³-hybridized carbons (Fsp3) is 0.200. The maximum absolute atomic E-state index is 13.5. The van der Waals surface area contributed by atoms with Gasteiger partial charge in [-0.25, -0.2) is 9.97 Å². The largest absolute Gasteiger partial charge is 0.417 e. The normalized spacial score (nSPS) is 11.8. The summed E-state index contributed by atoms with van der Waals surface area (Å²) in [6.07, 6.45) is -3.10. The lowest BCUT2D eigenvalue weighted by Gasteiger charge is -2.13. The van der Waals surface area contributed by atoms with Crippen molar-refractivity contribution in [1.82, 2.24) is 19.6 Å². The molecule has 154 valence electrons. The number of aryl methyl sites for hydroxylation is 3. The maximum Gasteiger partial charge on any atom is 0.417 e. The molecule has 3 heterocycles. The van der Waals surface area contributed by atoms with Crippen molar-refractivity contribution in [1.29, 1.82) is 0 Å². The van der Waals surface area contributed by atoms with Crippen molar-refractivity contribution in [2.45, 2.75) is 26.9 Å². The third kappa shape index (κ3) is 3.54. The van der Waals surface area contributed by atoms with Gasteiger partial charge in [0.1, 0.15) is 5.69 Å². The molecule has 1 N–H and O–H groups in total. The molecule has 0 aliphatic rings. The van der Waals surface area contributed by atoms with Gasteiger partial charge in [0.2, 0.25) is 0 Å². The van der Waals surface area contributed by atoms with Crippen molar-refractivity contribution in [3.05, 3.63) is 63.2 Å². The van der Waals surface area contributed by atoms with Gasteiger partial charge in [-0.1, -0.05) is 18.2 Å². The topological polar surface area (TPSA) is 72.2 Å². The summed E-state index contributed by atoms with van der Waals surface area (Å²) < 4.78 is 41.7. The van der Waals surface area contributed by atoms with Gasteiger partial charge in [0.15, 0.2) is 11.5 Å². The van der Waals surface area contributed by atoms with Crippen LogP contribution >= 0.6 is 11.3 Å². The highest BCUT2D eigenvalue weighted by molar-refractivity contribution is 7.11. The van der Waals surface area contributed by atoms with E-state index in [2.05, 4.69) is 20.4 Å². The Bertz CT molecular complexity index is 1280. The molecule has 0 atom stereocenters. The molecule has 0 radical (unpaired) electrons. The first-order valence-corrected chi connectivity index (χ1v) is 9.74. The lowest BCUT2D eigenvalue weighted by atomic mass is 10.0. The zero-order chi connectivity index (χ0) is 21.6. The minimum Gasteiger partial charge on any atom is -0.304 e. The molecule has 0 aliphatic carbocycles. The van der Waals surface area contributed by atoms with Crippen LogP contribution in [0.1, 0.15) is 31.5 Å². The minimum atomic E-state index is -4.52. The zero-order valence-corrected chi connectivity index (χ0v) is 17.0. The molecule has 0 fully saturated rings. The first-order chi connectivity index (χ1) is 14.1. The molecule has 4 aromatic rings. The number of imidazole rings is 1. The second-order valence-corrected chi connectivity index (χ2v) is 8.13. The predicted octanol–water partition coefficient (Wildman–Crippen LogP) is 5.05. The number of alkyl halides is 3. The molecule has 1 amide bonds. The Morgan fingerprint density at radius 1 is 1.17 bits per heavy atom. The number of benzene rings is 1. The molecular formula is C20H16F3N5OS. The van der Waals surface area contributed by atoms with Crippen LogP contribution in [-0.4, -0.2) is 25.5 Å². The van der Waals surface area contributed by atoms with E-state index in [0.29, 0.717) is 16.9 Å². The van der Waals surface area contributed by atoms with Crippen LogP contribution in [0.5, 0.6) is 0 Å². The number of thiazole rings is 1. The Morgan fingerprint density at radius 3 is 2.57 bits per heavy atom. The Hall–Kier alpha value is -3.27. The number of halogens is 3. The summed E-state index contributed by atoms with van der Waals surface area (Å²) >= 11 is 1.40. The van der Waals surface area contributed by atoms with Crippen molar-refractivity contribution in [3.63, 3.8) is 0 Å². The van der Waals surface area contributed by atoms with Crippen LogP contribution in [0.3, 0.4) is 0 Å². The van der Waals surface area contributed by atoms with Gasteiger partial charge in [-0.15, -0.1) is 11.3 Å². The lowest BCUT2D eigenvalue weighted by Crippen LogP contribution is -2.16. The summed E-state index contributed by atoms with van der Waals surface area (Å²) in [6.45, 7) is 5.32. The smallest absolute Gasteiger partial charge is 0.304 e. The van der Waals surface area contributed by atoms with Crippen molar-refractivity contribution in [2.24, 2.45) is 0 Å². The fourth-order valence-corrected chi connectivity index (χ4v) is 4.02. The van der Waals surface area contributed by atoms with Crippen LogP contribution < -0.4 is 5.32 Å². The molecule has 6 nitrogen and oxygen atoms in total. The van der Waals surface area contributed by atoms with Gasteiger partial charge >= 0.3 is 6.18 Å². The Kier molecular flexibility index (Phi) is 4.81. The SMILES string of the molecule is Cc1nc(C(=O)Nc2cnc3c(C)cc(-c4ccccc4C(F)(F)F)nn23)c(C)s1. The second kappa shape index (κ2) is 7.21. The molecule has 10 heteroatoms. The minimum absolute atomic E-state index is 0.0491. The molecule has 0 bridgehead atoms. The van der Waals surface area contributed by atoms with E-state index in [1.807, 2.05) is 0 Å². The van der Waals surface area contributed by atoms with Gasteiger partial charge in [0, 0.05) is 10.4 Å². The molecule has 4 rings (SSSR count). The van der Waals surface area contributed by atoms with E-state index in [4.69, 9.17) is 0 Å². The number of carbonyl (C=O) groups is 1. The van der Waals surface area contributed by atoms with Crippen LogP contribution in [-0.2, 0) is 6.18 Å². The van der Waals surface area contributed by atoms with E-state index in [0.717, 1.165) is 16.0 Å². The lowest BCUT2D eigenvalue weighted by molar-refractivity contribution is -0.137.